The molecule has 0 saturated carbocycles. The number of carbonyl (C=O) groups excluding carboxylic acids is 2. The summed E-state index contributed by atoms with van der Waals surface area (Å²) in [5.74, 6) is -0.521. The third kappa shape index (κ3) is 2.94. The monoisotopic (exact) mass is 305 g/mol. The SMILES string of the molecule is O=C1C=C(Nc2cccc(Cl)c2)C(=O)N1C1CCCNC1. The third-order valence-corrected chi connectivity index (χ3v) is 3.93. The Hall–Kier alpha value is -1.85. The summed E-state index contributed by atoms with van der Waals surface area (Å²) < 4.78 is 0. The van der Waals surface area contributed by atoms with Crippen molar-refractivity contribution in [2.75, 3.05) is 18.4 Å². The second-order valence-corrected chi connectivity index (χ2v) is 5.64. The highest BCUT2D eigenvalue weighted by atomic mass is 35.5. The number of anilines is 1. The van der Waals surface area contributed by atoms with Crippen molar-refractivity contribution in [3.05, 3.63) is 41.1 Å². The fourth-order valence-corrected chi connectivity index (χ4v) is 2.89. The second-order valence-electron chi connectivity index (χ2n) is 5.21. The van der Waals surface area contributed by atoms with E-state index in [1.165, 1.54) is 11.0 Å². The molecule has 2 amide bonds. The van der Waals surface area contributed by atoms with Crippen LogP contribution < -0.4 is 10.6 Å². The van der Waals surface area contributed by atoms with Gasteiger partial charge in [-0.25, -0.2) is 0 Å². The number of amides is 2. The van der Waals surface area contributed by atoms with Crippen molar-refractivity contribution in [3.8, 4) is 0 Å². The highest BCUT2D eigenvalue weighted by molar-refractivity contribution is 6.30. The molecule has 1 unspecified atom stereocenters. The van der Waals surface area contributed by atoms with Crippen LogP contribution in [-0.4, -0.2) is 35.8 Å². The first-order valence-corrected chi connectivity index (χ1v) is 7.35. The summed E-state index contributed by atoms with van der Waals surface area (Å²) in [5, 5.41) is 6.77. The summed E-state index contributed by atoms with van der Waals surface area (Å²) in [4.78, 5) is 25.9. The molecule has 0 aliphatic carbocycles. The maximum atomic E-state index is 12.4. The van der Waals surface area contributed by atoms with Crippen LogP contribution in [0.3, 0.4) is 0 Å². The van der Waals surface area contributed by atoms with E-state index in [0.717, 1.165) is 19.4 Å². The zero-order chi connectivity index (χ0) is 14.8. The first kappa shape index (κ1) is 14.1. The Balaban J connectivity index is 1.74. The molecule has 1 atom stereocenters. The van der Waals surface area contributed by atoms with Crippen LogP contribution in [0.25, 0.3) is 0 Å². The topological polar surface area (TPSA) is 61.4 Å². The van der Waals surface area contributed by atoms with Gasteiger partial charge in [0.2, 0.25) is 0 Å². The summed E-state index contributed by atoms with van der Waals surface area (Å²) in [5.41, 5.74) is 0.992. The molecule has 3 rings (SSSR count). The van der Waals surface area contributed by atoms with E-state index in [0.29, 0.717) is 23.0 Å². The van der Waals surface area contributed by atoms with Gasteiger partial charge in [-0.05, 0) is 37.6 Å². The van der Waals surface area contributed by atoms with Crippen molar-refractivity contribution in [3.63, 3.8) is 0 Å². The third-order valence-electron chi connectivity index (χ3n) is 3.69. The Labute approximate surface area is 128 Å². The number of imide groups is 1. The fraction of sp³-hybridized carbons (Fsp3) is 0.333. The lowest BCUT2D eigenvalue weighted by atomic mass is 10.1. The van der Waals surface area contributed by atoms with Gasteiger partial charge in [0.05, 0.1) is 6.04 Å². The van der Waals surface area contributed by atoms with Crippen molar-refractivity contribution in [2.24, 2.45) is 0 Å². The second kappa shape index (κ2) is 5.87. The molecule has 2 N–H and O–H groups in total. The normalized spacial score (nSPS) is 22.4. The van der Waals surface area contributed by atoms with Crippen molar-refractivity contribution >= 4 is 29.1 Å². The van der Waals surface area contributed by atoms with E-state index in [-0.39, 0.29) is 17.9 Å². The van der Waals surface area contributed by atoms with Crippen molar-refractivity contribution < 1.29 is 9.59 Å². The molecular formula is C15H16ClN3O2. The van der Waals surface area contributed by atoms with E-state index in [1.807, 2.05) is 0 Å². The molecule has 0 bridgehead atoms. The highest BCUT2D eigenvalue weighted by Gasteiger charge is 2.36. The van der Waals surface area contributed by atoms with Gasteiger partial charge in [0, 0.05) is 23.3 Å². The Bertz CT molecular complexity index is 609. The quantitative estimate of drug-likeness (QED) is 0.835. The molecule has 5 nitrogen and oxygen atoms in total. The van der Waals surface area contributed by atoms with Gasteiger partial charge in [0.1, 0.15) is 5.70 Å². The zero-order valence-electron chi connectivity index (χ0n) is 11.4. The number of carbonyl (C=O) groups is 2. The highest BCUT2D eigenvalue weighted by Crippen LogP contribution is 2.23. The van der Waals surface area contributed by atoms with Gasteiger partial charge < -0.3 is 10.6 Å². The molecule has 110 valence electrons. The van der Waals surface area contributed by atoms with Crippen LogP contribution in [0.4, 0.5) is 5.69 Å². The van der Waals surface area contributed by atoms with Crippen LogP contribution in [0.1, 0.15) is 12.8 Å². The molecule has 2 aliphatic heterocycles. The van der Waals surface area contributed by atoms with Gasteiger partial charge in [-0.1, -0.05) is 17.7 Å². The van der Waals surface area contributed by atoms with Crippen LogP contribution in [0.2, 0.25) is 5.02 Å². The Kier molecular flexibility index (Phi) is 3.94. The molecule has 1 aromatic rings. The summed E-state index contributed by atoms with van der Waals surface area (Å²) >= 11 is 5.92. The summed E-state index contributed by atoms with van der Waals surface area (Å²) in [6, 6.07) is 6.99. The predicted octanol–water partition coefficient (Wildman–Crippen LogP) is 1.76. The zero-order valence-corrected chi connectivity index (χ0v) is 12.2. The molecule has 1 aromatic carbocycles. The molecule has 2 aliphatic rings. The number of rotatable bonds is 3. The lowest BCUT2D eigenvalue weighted by Crippen LogP contribution is -2.49. The van der Waals surface area contributed by atoms with Gasteiger partial charge in [0.25, 0.3) is 11.8 Å². The minimum absolute atomic E-state index is 0.0614. The minimum atomic E-state index is -0.270. The molecule has 0 radical (unpaired) electrons. The molecule has 1 saturated heterocycles. The van der Waals surface area contributed by atoms with Crippen LogP contribution in [0.5, 0.6) is 0 Å². The van der Waals surface area contributed by atoms with Gasteiger partial charge in [-0.15, -0.1) is 0 Å². The van der Waals surface area contributed by atoms with Crippen molar-refractivity contribution in [1.82, 2.24) is 10.2 Å². The standard InChI is InChI=1S/C15H16ClN3O2/c16-10-3-1-4-11(7-10)18-13-8-14(20)19(15(13)21)12-5-2-6-17-9-12/h1,3-4,7-8,12,17-18H,2,5-6,9H2. The number of hydrogen-bond donors (Lipinski definition) is 2. The molecule has 0 spiro atoms. The smallest absolute Gasteiger partial charge is 0.277 e. The Morgan fingerprint density at radius 3 is 2.90 bits per heavy atom. The molecular weight excluding hydrogens is 290 g/mol. The molecule has 21 heavy (non-hydrogen) atoms. The number of nitrogens with one attached hydrogen (secondary N) is 2. The van der Waals surface area contributed by atoms with Crippen LogP contribution >= 0.6 is 11.6 Å². The van der Waals surface area contributed by atoms with E-state index in [1.54, 1.807) is 24.3 Å². The minimum Gasteiger partial charge on any atom is -0.351 e. The molecule has 1 fully saturated rings. The Morgan fingerprint density at radius 1 is 1.33 bits per heavy atom. The number of halogens is 1. The average molecular weight is 306 g/mol. The first-order chi connectivity index (χ1) is 10.1. The summed E-state index contributed by atoms with van der Waals surface area (Å²) in [6.45, 7) is 1.60. The summed E-state index contributed by atoms with van der Waals surface area (Å²) in [7, 11) is 0. The van der Waals surface area contributed by atoms with Crippen LogP contribution in [-0.2, 0) is 9.59 Å². The fourth-order valence-electron chi connectivity index (χ4n) is 2.70. The van der Waals surface area contributed by atoms with E-state index in [2.05, 4.69) is 10.6 Å². The number of piperidine rings is 1. The molecule has 2 heterocycles. The Morgan fingerprint density at radius 2 is 2.19 bits per heavy atom. The summed E-state index contributed by atoms with van der Waals surface area (Å²) in [6.07, 6.45) is 3.18. The largest absolute Gasteiger partial charge is 0.351 e. The maximum Gasteiger partial charge on any atom is 0.277 e. The van der Waals surface area contributed by atoms with Crippen molar-refractivity contribution in [1.29, 1.82) is 0 Å². The van der Waals surface area contributed by atoms with Crippen LogP contribution in [0, 0.1) is 0 Å². The first-order valence-electron chi connectivity index (χ1n) is 6.97. The lowest BCUT2D eigenvalue weighted by molar-refractivity contribution is -0.140. The van der Waals surface area contributed by atoms with E-state index >= 15 is 0 Å². The predicted molar refractivity (Wildman–Crippen MR) is 80.9 cm³/mol. The number of nitrogens with zero attached hydrogens (tertiary/aromatic N) is 1. The van der Waals surface area contributed by atoms with Gasteiger partial charge >= 0.3 is 0 Å². The average Bonchev–Trinajstić information content (AvgIpc) is 2.74. The van der Waals surface area contributed by atoms with Crippen molar-refractivity contribution in [2.45, 2.75) is 18.9 Å². The van der Waals surface area contributed by atoms with E-state index in [9.17, 15) is 9.59 Å². The molecule has 0 aromatic heterocycles. The maximum absolute atomic E-state index is 12.4. The van der Waals surface area contributed by atoms with E-state index < -0.39 is 0 Å². The van der Waals surface area contributed by atoms with Gasteiger partial charge in [0.15, 0.2) is 0 Å². The lowest BCUT2D eigenvalue weighted by Gasteiger charge is -2.30. The van der Waals surface area contributed by atoms with Gasteiger partial charge in [-0.3, -0.25) is 14.5 Å². The van der Waals surface area contributed by atoms with Gasteiger partial charge in [-0.2, -0.15) is 0 Å². The molecule has 6 heteroatoms. The van der Waals surface area contributed by atoms with Crippen LogP contribution in [0.15, 0.2) is 36.0 Å². The number of hydrogen-bond acceptors (Lipinski definition) is 4. The van der Waals surface area contributed by atoms with E-state index in [4.69, 9.17) is 11.6 Å². The number of benzene rings is 1.